The summed E-state index contributed by atoms with van der Waals surface area (Å²) in [5, 5.41) is 9.57. The van der Waals surface area contributed by atoms with Gasteiger partial charge in [0.15, 0.2) is 0 Å². The number of hydrogen-bond donors (Lipinski definition) is 0. The molecule has 0 bridgehead atoms. The molecule has 0 heterocycles. The van der Waals surface area contributed by atoms with Crippen molar-refractivity contribution in [3.8, 4) is 6.07 Å². The van der Waals surface area contributed by atoms with Gasteiger partial charge in [0.1, 0.15) is 11.5 Å². The summed E-state index contributed by atoms with van der Waals surface area (Å²) >= 11 is 6.19. The minimum atomic E-state index is 0.592. The van der Waals surface area contributed by atoms with Gasteiger partial charge in [-0.1, -0.05) is 41.5 Å². The predicted octanol–water partition coefficient (Wildman–Crippen LogP) is 4.65. The molecule has 2 aliphatic carbocycles. The predicted molar refractivity (Wildman–Crippen MR) is 77.0 cm³/mol. The van der Waals surface area contributed by atoms with Crippen LogP contribution in [0.3, 0.4) is 0 Å². The molecule has 0 aromatic carbocycles. The highest BCUT2D eigenvalue weighted by Crippen LogP contribution is 2.26. The van der Waals surface area contributed by atoms with Crippen molar-refractivity contribution in [1.29, 1.82) is 5.26 Å². The molecular formula is C16H14ClNO. The Labute approximate surface area is 118 Å². The van der Waals surface area contributed by atoms with Crippen LogP contribution in [0.1, 0.15) is 19.8 Å². The van der Waals surface area contributed by atoms with Crippen LogP contribution >= 0.6 is 11.6 Å². The van der Waals surface area contributed by atoms with Crippen LogP contribution in [0, 0.1) is 11.3 Å². The Morgan fingerprint density at radius 2 is 2.16 bits per heavy atom. The Balaban J connectivity index is 2.25. The Hall–Kier alpha value is -1.98. The second-order valence-corrected chi connectivity index (χ2v) is 4.74. The molecule has 2 nitrogen and oxygen atoms in total. The topological polar surface area (TPSA) is 33.0 Å². The van der Waals surface area contributed by atoms with Gasteiger partial charge in [0, 0.05) is 12.0 Å². The summed E-state index contributed by atoms with van der Waals surface area (Å²) in [4.78, 5) is 0. The van der Waals surface area contributed by atoms with Crippen molar-refractivity contribution in [2.75, 3.05) is 0 Å². The molecule has 3 heteroatoms. The maximum Gasteiger partial charge on any atom is 0.145 e. The first kappa shape index (κ1) is 13.5. The summed E-state index contributed by atoms with van der Waals surface area (Å²) in [5.74, 6) is 1.24. The molecule has 0 unspecified atom stereocenters. The SMILES string of the molecule is CC1=CCC=C(Cl)C(OC2=CC=CCC(C#N)=C2)=C1. The van der Waals surface area contributed by atoms with E-state index < -0.39 is 0 Å². The zero-order valence-electron chi connectivity index (χ0n) is 10.7. The van der Waals surface area contributed by atoms with E-state index in [-0.39, 0.29) is 0 Å². The smallest absolute Gasteiger partial charge is 0.145 e. The molecule has 0 atom stereocenters. The maximum absolute atomic E-state index is 8.98. The van der Waals surface area contributed by atoms with Gasteiger partial charge in [0.05, 0.1) is 11.1 Å². The Bertz CT molecular complexity index is 595. The van der Waals surface area contributed by atoms with Crippen LogP contribution in [0.2, 0.25) is 0 Å². The number of halogens is 1. The molecule has 0 radical (unpaired) electrons. The van der Waals surface area contributed by atoms with Crippen molar-refractivity contribution < 1.29 is 4.74 Å². The lowest BCUT2D eigenvalue weighted by atomic mass is 10.2. The van der Waals surface area contributed by atoms with Gasteiger partial charge in [-0.25, -0.2) is 0 Å². The molecule has 0 spiro atoms. The van der Waals surface area contributed by atoms with E-state index in [1.807, 2.05) is 37.3 Å². The fourth-order valence-electron chi connectivity index (χ4n) is 1.77. The van der Waals surface area contributed by atoms with Crippen molar-refractivity contribution in [2.24, 2.45) is 0 Å². The van der Waals surface area contributed by atoms with E-state index in [1.165, 1.54) is 0 Å². The first-order chi connectivity index (χ1) is 9.19. The summed E-state index contributed by atoms with van der Waals surface area (Å²) in [6.45, 7) is 2.00. The van der Waals surface area contributed by atoms with Crippen LogP contribution in [0.25, 0.3) is 0 Å². The van der Waals surface area contributed by atoms with Crippen molar-refractivity contribution >= 4 is 11.6 Å². The number of ether oxygens (including phenoxy) is 1. The molecule has 0 aromatic heterocycles. The summed E-state index contributed by atoms with van der Waals surface area (Å²) in [7, 11) is 0. The molecule has 0 aliphatic heterocycles. The van der Waals surface area contributed by atoms with Crippen LogP contribution in [-0.2, 0) is 4.74 Å². The van der Waals surface area contributed by atoms with E-state index in [1.54, 1.807) is 6.08 Å². The zero-order valence-corrected chi connectivity index (χ0v) is 11.4. The molecule has 0 fully saturated rings. The van der Waals surface area contributed by atoms with Crippen LogP contribution in [0.15, 0.2) is 70.2 Å². The number of rotatable bonds is 2. The molecule has 0 aromatic rings. The average Bonchev–Trinajstić information content (AvgIpc) is 2.70. The number of allylic oxidation sites excluding steroid dienone is 10. The van der Waals surface area contributed by atoms with E-state index in [0.29, 0.717) is 28.5 Å². The normalized spacial score (nSPS) is 18.9. The third-order valence-corrected chi connectivity index (χ3v) is 3.09. The molecule has 0 saturated heterocycles. The van der Waals surface area contributed by atoms with Crippen LogP contribution < -0.4 is 0 Å². The van der Waals surface area contributed by atoms with Crippen molar-refractivity contribution in [3.63, 3.8) is 0 Å². The largest absolute Gasteiger partial charge is 0.456 e. The summed E-state index contributed by atoms with van der Waals surface area (Å²) in [6, 6.07) is 2.15. The highest BCUT2D eigenvalue weighted by atomic mass is 35.5. The van der Waals surface area contributed by atoms with E-state index in [0.717, 1.165) is 12.0 Å². The highest BCUT2D eigenvalue weighted by Gasteiger charge is 2.10. The third-order valence-electron chi connectivity index (χ3n) is 2.75. The molecule has 0 amide bonds. The van der Waals surface area contributed by atoms with Crippen molar-refractivity contribution in [3.05, 3.63) is 70.2 Å². The monoisotopic (exact) mass is 271 g/mol. The lowest BCUT2D eigenvalue weighted by Crippen LogP contribution is -1.93. The fraction of sp³-hybridized carbons (Fsp3) is 0.188. The van der Waals surface area contributed by atoms with Gasteiger partial charge < -0.3 is 4.74 Å². The van der Waals surface area contributed by atoms with Gasteiger partial charge in [0.25, 0.3) is 0 Å². The Kier molecular flexibility index (Phi) is 4.43. The molecular weight excluding hydrogens is 258 g/mol. The quantitative estimate of drug-likeness (QED) is 0.732. The Morgan fingerprint density at radius 3 is 2.95 bits per heavy atom. The van der Waals surface area contributed by atoms with Gasteiger partial charge in [-0.15, -0.1) is 0 Å². The fourth-order valence-corrected chi connectivity index (χ4v) is 1.95. The third kappa shape index (κ3) is 3.74. The lowest BCUT2D eigenvalue weighted by molar-refractivity contribution is 0.333. The number of hydrogen-bond acceptors (Lipinski definition) is 2. The first-order valence-corrected chi connectivity index (χ1v) is 6.46. The summed E-state index contributed by atoms with van der Waals surface area (Å²) in [5.41, 5.74) is 1.78. The van der Waals surface area contributed by atoms with Crippen LogP contribution in [0.4, 0.5) is 0 Å². The molecule has 19 heavy (non-hydrogen) atoms. The van der Waals surface area contributed by atoms with E-state index in [2.05, 4.69) is 12.1 Å². The lowest BCUT2D eigenvalue weighted by Gasteiger charge is -2.09. The maximum atomic E-state index is 8.98. The zero-order chi connectivity index (χ0) is 13.7. The second kappa shape index (κ2) is 6.26. The van der Waals surface area contributed by atoms with Gasteiger partial charge >= 0.3 is 0 Å². The average molecular weight is 272 g/mol. The van der Waals surface area contributed by atoms with Gasteiger partial charge in [-0.2, -0.15) is 5.26 Å². The first-order valence-electron chi connectivity index (χ1n) is 6.09. The molecule has 2 rings (SSSR count). The van der Waals surface area contributed by atoms with Crippen molar-refractivity contribution in [1.82, 2.24) is 0 Å². The molecule has 0 N–H and O–H groups in total. The van der Waals surface area contributed by atoms with E-state index in [9.17, 15) is 0 Å². The van der Waals surface area contributed by atoms with Crippen molar-refractivity contribution in [2.45, 2.75) is 19.8 Å². The number of nitriles is 1. The molecule has 2 aliphatic rings. The highest BCUT2D eigenvalue weighted by molar-refractivity contribution is 6.31. The second-order valence-electron chi connectivity index (χ2n) is 4.33. The standard InChI is InChI=1S/C16H14ClNO/c1-12-5-4-8-15(17)16(9-12)19-14-7-3-2-6-13(10-14)11-18/h2-3,5,7-10H,4,6H2,1H3. The minimum Gasteiger partial charge on any atom is -0.456 e. The summed E-state index contributed by atoms with van der Waals surface area (Å²) < 4.78 is 5.81. The Morgan fingerprint density at radius 1 is 1.32 bits per heavy atom. The van der Waals surface area contributed by atoms with Crippen LogP contribution in [-0.4, -0.2) is 0 Å². The molecule has 96 valence electrons. The van der Waals surface area contributed by atoms with E-state index >= 15 is 0 Å². The summed E-state index contributed by atoms with van der Waals surface area (Å²) in [6.07, 6.45) is 14.7. The van der Waals surface area contributed by atoms with Gasteiger partial charge in [0.2, 0.25) is 0 Å². The number of nitrogens with zero attached hydrogens (tertiary/aromatic N) is 1. The van der Waals surface area contributed by atoms with Gasteiger partial charge in [-0.3, -0.25) is 0 Å². The van der Waals surface area contributed by atoms with E-state index in [4.69, 9.17) is 21.6 Å². The minimum absolute atomic E-state index is 0.592. The van der Waals surface area contributed by atoms with Gasteiger partial charge in [-0.05, 0) is 31.6 Å². The van der Waals surface area contributed by atoms with Crippen LogP contribution in [0.5, 0.6) is 0 Å². The molecule has 0 saturated carbocycles.